The van der Waals surface area contributed by atoms with Gasteiger partial charge in [-0.25, -0.2) is 5.01 Å². The van der Waals surface area contributed by atoms with E-state index in [4.69, 9.17) is 4.42 Å². The molecule has 1 unspecified atom stereocenters. The summed E-state index contributed by atoms with van der Waals surface area (Å²) in [5.41, 5.74) is 2.27. The van der Waals surface area contributed by atoms with Crippen LogP contribution >= 0.6 is 0 Å². The lowest BCUT2D eigenvalue weighted by Crippen LogP contribution is -2.43. The SMILES string of the molecule is CC1=CC=CN(N2CC[C@H](N(C)C)C2)C1c1cc2ccccc2o1. The zero-order valence-corrected chi connectivity index (χ0v) is 14.6. The first-order valence-electron chi connectivity index (χ1n) is 8.66. The van der Waals surface area contributed by atoms with E-state index in [0.717, 1.165) is 24.4 Å². The molecule has 4 heteroatoms. The summed E-state index contributed by atoms with van der Waals surface area (Å²) in [6.07, 6.45) is 7.71. The molecule has 2 atom stereocenters. The van der Waals surface area contributed by atoms with Crippen LogP contribution in [-0.2, 0) is 0 Å². The summed E-state index contributed by atoms with van der Waals surface area (Å²) in [6.45, 7) is 4.33. The van der Waals surface area contributed by atoms with E-state index in [9.17, 15) is 0 Å². The fourth-order valence-electron chi connectivity index (χ4n) is 3.77. The van der Waals surface area contributed by atoms with Crippen LogP contribution in [0.3, 0.4) is 0 Å². The van der Waals surface area contributed by atoms with Crippen LogP contribution in [-0.4, -0.2) is 48.1 Å². The molecule has 4 rings (SSSR count). The third-order valence-corrected chi connectivity index (χ3v) is 5.21. The van der Waals surface area contributed by atoms with Crippen LogP contribution in [0.1, 0.15) is 25.1 Å². The van der Waals surface area contributed by atoms with Gasteiger partial charge in [0.15, 0.2) is 0 Å². The molecule has 2 aromatic rings. The highest BCUT2D eigenvalue weighted by atomic mass is 16.3. The van der Waals surface area contributed by atoms with Gasteiger partial charge >= 0.3 is 0 Å². The lowest BCUT2D eigenvalue weighted by atomic mass is 10.0. The molecule has 24 heavy (non-hydrogen) atoms. The number of rotatable bonds is 3. The molecule has 2 aliphatic rings. The summed E-state index contributed by atoms with van der Waals surface area (Å²) >= 11 is 0. The second-order valence-corrected chi connectivity index (χ2v) is 7.04. The third-order valence-electron chi connectivity index (χ3n) is 5.21. The standard InChI is InChI=1S/C20H25N3O/c1-15-7-6-11-23(22-12-10-17(14-22)21(2)3)20(15)19-13-16-8-4-5-9-18(16)24-19/h4-9,11,13,17,20H,10,12,14H2,1-3H3/t17-,20?/m0/s1. The van der Waals surface area contributed by atoms with Crippen molar-refractivity contribution in [3.05, 3.63) is 60.0 Å². The number of hydrogen-bond donors (Lipinski definition) is 0. The fourth-order valence-corrected chi connectivity index (χ4v) is 3.77. The van der Waals surface area contributed by atoms with Gasteiger partial charge in [0.1, 0.15) is 17.4 Å². The van der Waals surface area contributed by atoms with Crippen LogP contribution in [0.25, 0.3) is 11.0 Å². The summed E-state index contributed by atoms with van der Waals surface area (Å²) in [6, 6.07) is 11.2. The number of hydrazine groups is 1. The van der Waals surface area contributed by atoms with Crippen LogP contribution in [0.2, 0.25) is 0 Å². The summed E-state index contributed by atoms with van der Waals surface area (Å²) in [5.74, 6) is 1.02. The van der Waals surface area contributed by atoms with Gasteiger partial charge in [0.2, 0.25) is 0 Å². The van der Waals surface area contributed by atoms with E-state index in [2.05, 4.69) is 72.5 Å². The van der Waals surface area contributed by atoms with Gasteiger partial charge < -0.3 is 9.32 Å². The predicted octanol–water partition coefficient (Wildman–Crippen LogP) is 3.80. The Labute approximate surface area is 143 Å². The molecule has 4 nitrogen and oxygen atoms in total. The molecule has 3 heterocycles. The number of likely N-dealkylation sites (N-methyl/N-ethyl adjacent to an activating group) is 1. The highest BCUT2D eigenvalue weighted by molar-refractivity contribution is 5.78. The molecule has 126 valence electrons. The predicted molar refractivity (Wildman–Crippen MR) is 97.4 cm³/mol. The van der Waals surface area contributed by atoms with Gasteiger partial charge in [-0.3, -0.25) is 5.01 Å². The minimum atomic E-state index is 0.142. The van der Waals surface area contributed by atoms with E-state index in [1.807, 2.05) is 12.1 Å². The average molecular weight is 323 g/mol. The normalized spacial score (nSPS) is 25.0. The number of benzene rings is 1. The van der Waals surface area contributed by atoms with Crippen LogP contribution in [0, 0.1) is 0 Å². The quantitative estimate of drug-likeness (QED) is 0.857. The monoisotopic (exact) mass is 323 g/mol. The smallest absolute Gasteiger partial charge is 0.134 e. The molecule has 2 aliphatic heterocycles. The van der Waals surface area contributed by atoms with Crippen molar-refractivity contribution in [1.82, 2.24) is 14.9 Å². The van der Waals surface area contributed by atoms with E-state index >= 15 is 0 Å². The van der Waals surface area contributed by atoms with Crippen molar-refractivity contribution >= 4 is 11.0 Å². The van der Waals surface area contributed by atoms with Gasteiger partial charge in [-0.1, -0.05) is 24.3 Å². The zero-order chi connectivity index (χ0) is 16.7. The van der Waals surface area contributed by atoms with Crippen LogP contribution < -0.4 is 0 Å². The van der Waals surface area contributed by atoms with Crippen molar-refractivity contribution in [3.63, 3.8) is 0 Å². The number of hydrogen-bond acceptors (Lipinski definition) is 4. The van der Waals surface area contributed by atoms with E-state index in [1.54, 1.807) is 0 Å². The van der Waals surface area contributed by atoms with Crippen molar-refractivity contribution in [1.29, 1.82) is 0 Å². The van der Waals surface area contributed by atoms with Gasteiger partial charge in [-0.05, 0) is 51.2 Å². The van der Waals surface area contributed by atoms with Crippen LogP contribution in [0.15, 0.2) is 58.7 Å². The molecular formula is C20H25N3O. The van der Waals surface area contributed by atoms with Crippen molar-refractivity contribution in [2.75, 3.05) is 27.2 Å². The topological polar surface area (TPSA) is 22.9 Å². The molecule has 0 amide bonds. The van der Waals surface area contributed by atoms with Gasteiger partial charge in [-0.15, -0.1) is 0 Å². The van der Waals surface area contributed by atoms with Gasteiger partial charge in [-0.2, -0.15) is 0 Å². The maximum Gasteiger partial charge on any atom is 0.134 e. The number of allylic oxidation sites excluding steroid dienone is 2. The van der Waals surface area contributed by atoms with E-state index in [1.165, 1.54) is 17.4 Å². The largest absolute Gasteiger partial charge is 0.458 e. The lowest BCUT2D eigenvalue weighted by Gasteiger charge is -2.39. The van der Waals surface area contributed by atoms with Gasteiger partial charge in [0.25, 0.3) is 0 Å². The first-order valence-corrected chi connectivity index (χ1v) is 8.66. The molecule has 1 aromatic heterocycles. The molecule has 0 spiro atoms. The molecule has 0 saturated carbocycles. The molecule has 1 aromatic carbocycles. The van der Waals surface area contributed by atoms with E-state index < -0.39 is 0 Å². The lowest BCUT2D eigenvalue weighted by molar-refractivity contribution is 0.00497. The summed E-state index contributed by atoms with van der Waals surface area (Å²) in [4.78, 5) is 2.33. The Hall–Kier alpha value is -2.04. The van der Waals surface area contributed by atoms with Crippen molar-refractivity contribution < 1.29 is 4.42 Å². The number of furan rings is 1. The zero-order valence-electron chi connectivity index (χ0n) is 14.6. The van der Waals surface area contributed by atoms with Crippen molar-refractivity contribution in [3.8, 4) is 0 Å². The minimum absolute atomic E-state index is 0.142. The third kappa shape index (κ3) is 2.66. The first kappa shape index (κ1) is 15.5. The molecule has 1 fully saturated rings. The Morgan fingerprint density at radius 2 is 2.04 bits per heavy atom. The Morgan fingerprint density at radius 1 is 1.21 bits per heavy atom. The first-order chi connectivity index (χ1) is 11.6. The number of para-hydroxylation sites is 1. The summed E-state index contributed by atoms with van der Waals surface area (Å²) in [7, 11) is 4.34. The molecule has 0 radical (unpaired) electrons. The van der Waals surface area contributed by atoms with Crippen LogP contribution in [0.5, 0.6) is 0 Å². The second-order valence-electron chi connectivity index (χ2n) is 7.04. The Kier molecular flexibility index (Phi) is 3.94. The maximum absolute atomic E-state index is 6.19. The number of fused-ring (bicyclic) bond motifs is 1. The summed E-state index contributed by atoms with van der Waals surface area (Å²) < 4.78 is 6.19. The Bertz CT molecular complexity index is 756. The maximum atomic E-state index is 6.19. The minimum Gasteiger partial charge on any atom is -0.458 e. The van der Waals surface area contributed by atoms with Crippen molar-refractivity contribution in [2.45, 2.75) is 25.4 Å². The fraction of sp³-hybridized carbons (Fsp3) is 0.400. The second kappa shape index (κ2) is 6.11. The number of nitrogens with zero attached hydrogens (tertiary/aromatic N) is 3. The average Bonchev–Trinajstić information content (AvgIpc) is 3.21. The van der Waals surface area contributed by atoms with Gasteiger partial charge in [0.05, 0.1) is 0 Å². The molecule has 0 bridgehead atoms. The van der Waals surface area contributed by atoms with Crippen molar-refractivity contribution in [2.24, 2.45) is 0 Å². The molecule has 0 aliphatic carbocycles. The molecular weight excluding hydrogens is 298 g/mol. The highest BCUT2D eigenvalue weighted by Gasteiger charge is 2.34. The van der Waals surface area contributed by atoms with E-state index in [0.29, 0.717) is 6.04 Å². The molecule has 0 N–H and O–H groups in total. The Morgan fingerprint density at radius 3 is 2.79 bits per heavy atom. The van der Waals surface area contributed by atoms with Crippen LogP contribution in [0.4, 0.5) is 0 Å². The van der Waals surface area contributed by atoms with Gasteiger partial charge in [0, 0.05) is 30.7 Å². The molecule has 1 saturated heterocycles. The highest BCUT2D eigenvalue weighted by Crippen LogP contribution is 2.36. The summed E-state index contributed by atoms with van der Waals surface area (Å²) in [5, 5.41) is 5.98. The van der Waals surface area contributed by atoms with E-state index in [-0.39, 0.29) is 6.04 Å². The Balaban J connectivity index is 1.66.